The molecule has 0 radical (unpaired) electrons. The minimum Gasteiger partial charge on any atom is -0.330 e. The van der Waals surface area contributed by atoms with Crippen LogP contribution in [0.4, 0.5) is 8.78 Å². The predicted molar refractivity (Wildman–Crippen MR) is 89.6 cm³/mol. The zero-order valence-electron chi connectivity index (χ0n) is 12.9. The minimum atomic E-state index is -0.484. The third kappa shape index (κ3) is 3.42. The summed E-state index contributed by atoms with van der Waals surface area (Å²) in [7, 11) is 1.60. The van der Waals surface area contributed by atoms with Crippen LogP contribution in [0, 0.1) is 11.6 Å². The van der Waals surface area contributed by atoms with Crippen molar-refractivity contribution in [2.24, 2.45) is 12.8 Å². The second kappa shape index (κ2) is 7.46. The van der Waals surface area contributed by atoms with E-state index in [4.69, 9.17) is 5.73 Å². The van der Waals surface area contributed by atoms with Crippen molar-refractivity contribution in [1.82, 2.24) is 20.2 Å². The fraction of sp³-hybridized carbons (Fsp3) is 0.188. The molecule has 0 amide bonds. The highest BCUT2D eigenvalue weighted by molar-refractivity contribution is 5.85. The van der Waals surface area contributed by atoms with Crippen LogP contribution >= 0.6 is 12.4 Å². The van der Waals surface area contributed by atoms with Gasteiger partial charge in [0.1, 0.15) is 11.6 Å². The Morgan fingerprint density at radius 2 is 1.92 bits per heavy atom. The van der Waals surface area contributed by atoms with Crippen molar-refractivity contribution >= 4 is 12.4 Å². The standard InChI is InChI=1S/C16H15F2N5.ClH/c1-23-21-16(20-22-23)15-12(3-2-4-13(15)17)11-6-5-10(7-8-19)14(18)9-11;/h2-6,9H,7-8,19H2,1H3;1H. The molecule has 0 unspecified atom stereocenters. The molecule has 0 saturated carbocycles. The van der Waals surface area contributed by atoms with Crippen LogP contribution in [0.25, 0.3) is 22.5 Å². The van der Waals surface area contributed by atoms with Crippen LogP contribution in [0.2, 0.25) is 0 Å². The topological polar surface area (TPSA) is 69.6 Å². The van der Waals surface area contributed by atoms with Gasteiger partial charge in [-0.15, -0.1) is 22.6 Å². The number of benzene rings is 2. The summed E-state index contributed by atoms with van der Waals surface area (Å²) in [4.78, 5) is 1.25. The van der Waals surface area contributed by atoms with Gasteiger partial charge in [-0.2, -0.15) is 4.80 Å². The van der Waals surface area contributed by atoms with E-state index in [1.807, 2.05) is 0 Å². The molecule has 3 aromatic rings. The van der Waals surface area contributed by atoms with Gasteiger partial charge in [0, 0.05) is 0 Å². The number of rotatable bonds is 4. The second-order valence-corrected chi connectivity index (χ2v) is 5.11. The van der Waals surface area contributed by atoms with E-state index in [9.17, 15) is 8.78 Å². The van der Waals surface area contributed by atoms with E-state index in [1.165, 1.54) is 16.9 Å². The molecule has 0 atom stereocenters. The Labute approximate surface area is 143 Å². The van der Waals surface area contributed by atoms with Gasteiger partial charge in [-0.25, -0.2) is 8.78 Å². The molecule has 0 saturated heterocycles. The molecule has 2 aromatic carbocycles. The number of halogens is 3. The Morgan fingerprint density at radius 1 is 1.12 bits per heavy atom. The van der Waals surface area contributed by atoms with Crippen molar-refractivity contribution in [2.75, 3.05) is 6.54 Å². The minimum absolute atomic E-state index is 0. The fourth-order valence-corrected chi connectivity index (χ4v) is 2.45. The van der Waals surface area contributed by atoms with E-state index >= 15 is 0 Å². The van der Waals surface area contributed by atoms with Crippen molar-refractivity contribution in [2.45, 2.75) is 6.42 Å². The SMILES string of the molecule is Cl.Cn1nnc(-c2c(F)cccc2-c2ccc(CCN)c(F)c2)n1. The van der Waals surface area contributed by atoms with E-state index in [1.54, 1.807) is 31.3 Å². The van der Waals surface area contributed by atoms with Gasteiger partial charge < -0.3 is 5.73 Å². The van der Waals surface area contributed by atoms with Crippen molar-refractivity contribution in [1.29, 1.82) is 0 Å². The maximum absolute atomic E-state index is 14.3. The van der Waals surface area contributed by atoms with Crippen LogP contribution in [0.3, 0.4) is 0 Å². The molecule has 5 nitrogen and oxygen atoms in total. The summed E-state index contributed by atoms with van der Waals surface area (Å²) in [6.07, 6.45) is 0.452. The van der Waals surface area contributed by atoms with Gasteiger partial charge in [0.05, 0.1) is 12.6 Å². The number of aromatic nitrogens is 4. The average molecular weight is 352 g/mol. The molecule has 0 aliphatic rings. The quantitative estimate of drug-likeness (QED) is 0.784. The van der Waals surface area contributed by atoms with Crippen LogP contribution in [-0.4, -0.2) is 26.8 Å². The van der Waals surface area contributed by atoms with Gasteiger partial charge in [0.2, 0.25) is 5.82 Å². The summed E-state index contributed by atoms with van der Waals surface area (Å²) in [5.74, 6) is -0.691. The first-order chi connectivity index (χ1) is 11.1. The number of nitrogens with two attached hydrogens (primary N) is 1. The van der Waals surface area contributed by atoms with E-state index in [0.717, 1.165) is 0 Å². The third-order valence-electron chi connectivity index (χ3n) is 3.52. The Morgan fingerprint density at radius 3 is 2.54 bits per heavy atom. The number of nitrogens with zero attached hydrogens (tertiary/aromatic N) is 4. The summed E-state index contributed by atoms with van der Waals surface area (Å²) in [6, 6.07) is 9.36. The fourth-order valence-electron chi connectivity index (χ4n) is 2.45. The van der Waals surface area contributed by atoms with E-state index in [-0.39, 0.29) is 29.6 Å². The van der Waals surface area contributed by atoms with E-state index in [0.29, 0.717) is 29.7 Å². The molecular formula is C16H16ClF2N5. The van der Waals surface area contributed by atoms with Gasteiger partial charge in [-0.05, 0) is 47.0 Å². The average Bonchev–Trinajstić information content (AvgIpc) is 2.95. The van der Waals surface area contributed by atoms with Gasteiger partial charge in [0.15, 0.2) is 0 Å². The van der Waals surface area contributed by atoms with E-state index in [2.05, 4.69) is 15.4 Å². The van der Waals surface area contributed by atoms with Crippen LogP contribution in [0.5, 0.6) is 0 Å². The highest BCUT2D eigenvalue weighted by Crippen LogP contribution is 2.32. The smallest absolute Gasteiger partial charge is 0.208 e. The zero-order chi connectivity index (χ0) is 16.4. The molecule has 24 heavy (non-hydrogen) atoms. The zero-order valence-corrected chi connectivity index (χ0v) is 13.7. The van der Waals surface area contributed by atoms with Gasteiger partial charge in [-0.1, -0.05) is 24.3 Å². The molecule has 2 N–H and O–H groups in total. The van der Waals surface area contributed by atoms with Crippen LogP contribution < -0.4 is 5.73 Å². The molecule has 0 spiro atoms. The maximum Gasteiger partial charge on any atom is 0.208 e. The van der Waals surface area contributed by atoms with Crippen LogP contribution in [-0.2, 0) is 13.5 Å². The molecule has 3 rings (SSSR count). The molecular weight excluding hydrogens is 336 g/mol. The molecule has 1 aromatic heterocycles. The van der Waals surface area contributed by atoms with Crippen molar-refractivity contribution < 1.29 is 8.78 Å². The highest BCUT2D eigenvalue weighted by Gasteiger charge is 2.17. The molecule has 1 heterocycles. The summed E-state index contributed by atoms with van der Waals surface area (Å²) >= 11 is 0. The van der Waals surface area contributed by atoms with Gasteiger partial charge in [-0.3, -0.25) is 0 Å². The molecule has 0 aliphatic heterocycles. The number of aryl methyl sites for hydroxylation is 1. The Kier molecular flexibility index (Phi) is 5.58. The monoisotopic (exact) mass is 351 g/mol. The first-order valence-electron chi connectivity index (χ1n) is 7.12. The Balaban J connectivity index is 0.00000208. The van der Waals surface area contributed by atoms with Crippen molar-refractivity contribution in [3.8, 4) is 22.5 Å². The first-order valence-corrected chi connectivity index (χ1v) is 7.12. The summed E-state index contributed by atoms with van der Waals surface area (Å²) in [6.45, 7) is 0.366. The maximum atomic E-state index is 14.3. The van der Waals surface area contributed by atoms with Gasteiger partial charge in [0.25, 0.3) is 0 Å². The molecule has 0 bridgehead atoms. The lowest BCUT2D eigenvalue weighted by Gasteiger charge is -2.10. The lowest BCUT2D eigenvalue weighted by molar-refractivity contribution is 0.610. The summed E-state index contributed by atoms with van der Waals surface area (Å²) in [5.41, 5.74) is 7.25. The van der Waals surface area contributed by atoms with Crippen molar-refractivity contribution in [3.63, 3.8) is 0 Å². The predicted octanol–water partition coefficient (Wildman–Crippen LogP) is 2.75. The summed E-state index contributed by atoms with van der Waals surface area (Å²) < 4.78 is 28.5. The first kappa shape index (κ1) is 18.0. The third-order valence-corrected chi connectivity index (χ3v) is 3.52. The highest BCUT2D eigenvalue weighted by atomic mass is 35.5. The number of tetrazole rings is 1. The number of hydrogen-bond donors (Lipinski definition) is 1. The lowest BCUT2D eigenvalue weighted by Crippen LogP contribution is -2.04. The Hall–Kier alpha value is -2.38. The normalized spacial score (nSPS) is 10.5. The molecule has 126 valence electrons. The Bertz CT molecular complexity index is 850. The second-order valence-electron chi connectivity index (χ2n) is 5.11. The summed E-state index contributed by atoms with van der Waals surface area (Å²) in [5, 5.41) is 11.6. The van der Waals surface area contributed by atoms with Gasteiger partial charge >= 0.3 is 0 Å². The number of hydrogen-bond acceptors (Lipinski definition) is 4. The van der Waals surface area contributed by atoms with E-state index < -0.39 is 5.82 Å². The largest absolute Gasteiger partial charge is 0.330 e. The van der Waals surface area contributed by atoms with Crippen molar-refractivity contribution in [3.05, 3.63) is 53.6 Å². The van der Waals surface area contributed by atoms with Crippen LogP contribution in [0.1, 0.15) is 5.56 Å². The molecule has 8 heteroatoms. The lowest BCUT2D eigenvalue weighted by atomic mass is 9.97. The van der Waals surface area contributed by atoms with Crippen LogP contribution in [0.15, 0.2) is 36.4 Å². The molecule has 0 aliphatic carbocycles. The molecule has 0 fully saturated rings.